The second-order valence-corrected chi connectivity index (χ2v) is 8.50. The van der Waals surface area contributed by atoms with Crippen LogP contribution in [0.4, 0.5) is 10.1 Å². The minimum absolute atomic E-state index is 0. The molecule has 1 aromatic heterocycles. The monoisotopic (exact) mass is 442 g/mol. The van der Waals surface area contributed by atoms with Gasteiger partial charge in [0.05, 0.1) is 13.1 Å². The second-order valence-electron chi connectivity index (χ2n) is 6.61. The topological polar surface area (TPSA) is 110 Å². The summed E-state index contributed by atoms with van der Waals surface area (Å²) >= 11 is 0. The van der Waals surface area contributed by atoms with Gasteiger partial charge in [0.15, 0.2) is 5.03 Å². The molecule has 8 nitrogen and oxygen atoms in total. The molecule has 29 heavy (non-hydrogen) atoms. The number of hydrogen-bond donors (Lipinski definition) is 2. The van der Waals surface area contributed by atoms with E-state index in [1.165, 1.54) is 24.4 Å². The molecule has 0 amide bonds. The number of rotatable bonds is 5. The number of aromatic nitrogens is 1. The summed E-state index contributed by atoms with van der Waals surface area (Å²) in [4.78, 5) is 6.97. The molecule has 0 aliphatic carbocycles. The summed E-state index contributed by atoms with van der Waals surface area (Å²) in [6, 6.07) is 6.66. The Balaban J connectivity index is 0.00000300. The number of sulfonamides is 1. The van der Waals surface area contributed by atoms with Gasteiger partial charge < -0.3 is 15.6 Å². The molecule has 2 heterocycles. The van der Waals surface area contributed by atoms with Crippen LogP contribution in [0, 0.1) is 19.3 Å². The number of hydrogen-bond acceptors (Lipinski definition) is 6. The predicted molar refractivity (Wildman–Crippen MR) is 106 cm³/mol. The quantitative estimate of drug-likeness (QED) is 0.681. The fourth-order valence-electron chi connectivity index (χ4n) is 2.91. The van der Waals surface area contributed by atoms with Crippen LogP contribution in [-0.4, -0.2) is 54.2 Å². The number of aliphatic hydroxyl groups is 1. The molecule has 3 N–H and O–H groups in total. The lowest BCUT2D eigenvalue weighted by Crippen LogP contribution is -2.50. The van der Waals surface area contributed by atoms with Crippen LogP contribution in [0.5, 0.6) is 5.75 Å². The highest BCUT2D eigenvalue weighted by molar-refractivity contribution is 7.89. The summed E-state index contributed by atoms with van der Waals surface area (Å²) in [7, 11) is -3.97. The highest BCUT2D eigenvalue weighted by Gasteiger charge is 2.50. The van der Waals surface area contributed by atoms with Gasteiger partial charge in [0.1, 0.15) is 23.3 Å². The molecule has 2 atom stereocenters. The zero-order valence-corrected chi connectivity index (χ0v) is 17.1. The molecular formula is C18H20ClFN4O4S. The van der Waals surface area contributed by atoms with Crippen molar-refractivity contribution in [3.05, 3.63) is 59.3 Å². The maximum atomic E-state index is 13.8. The number of benzene rings is 1. The molecule has 0 spiro atoms. The van der Waals surface area contributed by atoms with Crippen LogP contribution in [0.2, 0.25) is 0 Å². The number of halogens is 2. The standard InChI is InChI=1S/C18H19FN4O4S.ClH/c1-12-3-6-17(22-8-12)28(25,26)23-9-16(18(24,10-20)11-23)27-13-4-5-15(21-2)14(19)7-13;/h3-8,16,24H,9-11,20H2,1H3;1H/t16-,18+;/m0./s1. The normalized spacial score (nSPS) is 22.0. The summed E-state index contributed by atoms with van der Waals surface area (Å²) in [5.41, 5.74) is 4.66. The Morgan fingerprint density at radius 2 is 2.17 bits per heavy atom. The third kappa shape index (κ3) is 4.49. The number of aryl methyl sites for hydroxylation is 1. The van der Waals surface area contributed by atoms with Crippen molar-refractivity contribution in [3.8, 4) is 5.75 Å². The van der Waals surface area contributed by atoms with Gasteiger partial charge in [-0.05, 0) is 30.7 Å². The van der Waals surface area contributed by atoms with Crippen molar-refractivity contribution in [2.45, 2.75) is 23.7 Å². The molecule has 1 aromatic carbocycles. The van der Waals surface area contributed by atoms with E-state index in [4.69, 9.17) is 17.0 Å². The van der Waals surface area contributed by atoms with Gasteiger partial charge in [-0.25, -0.2) is 22.6 Å². The molecular weight excluding hydrogens is 423 g/mol. The molecule has 1 fully saturated rings. The lowest BCUT2D eigenvalue weighted by molar-refractivity contribution is -0.0200. The van der Waals surface area contributed by atoms with Crippen LogP contribution >= 0.6 is 12.4 Å². The summed E-state index contributed by atoms with van der Waals surface area (Å²) < 4.78 is 46.2. The first-order valence-electron chi connectivity index (χ1n) is 8.38. The van der Waals surface area contributed by atoms with Crippen molar-refractivity contribution < 1.29 is 22.7 Å². The van der Waals surface area contributed by atoms with Crippen LogP contribution in [-0.2, 0) is 10.0 Å². The number of ether oxygens (including phenoxy) is 1. The SMILES string of the molecule is Cl.[C-]#[N+]c1ccc(O[C@H]2CN(S(=O)(=O)c3ccc(C)cn3)C[C@]2(O)CN)cc1F. The van der Waals surface area contributed by atoms with Crippen LogP contribution in [0.1, 0.15) is 5.56 Å². The van der Waals surface area contributed by atoms with E-state index >= 15 is 0 Å². The maximum Gasteiger partial charge on any atom is 0.260 e. The van der Waals surface area contributed by atoms with Crippen LogP contribution in [0.25, 0.3) is 4.85 Å². The van der Waals surface area contributed by atoms with E-state index in [2.05, 4.69) is 9.83 Å². The molecule has 1 saturated heterocycles. The Kier molecular flexibility index (Phi) is 6.82. The highest BCUT2D eigenvalue weighted by Crippen LogP contribution is 2.31. The first kappa shape index (κ1) is 23.0. The van der Waals surface area contributed by atoms with E-state index in [-0.39, 0.29) is 48.5 Å². The van der Waals surface area contributed by atoms with E-state index in [9.17, 15) is 17.9 Å². The van der Waals surface area contributed by atoms with Gasteiger partial charge in [-0.2, -0.15) is 4.31 Å². The molecule has 0 unspecified atom stereocenters. The number of pyridine rings is 1. The molecule has 156 valence electrons. The minimum atomic E-state index is -3.97. The van der Waals surface area contributed by atoms with Crippen molar-refractivity contribution in [2.75, 3.05) is 19.6 Å². The van der Waals surface area contributed by atoms with Crippen LogP contribution in [0.3, 0.4) is 0 Å². The zero-order chi connectivity index (χ0) is 20.5. The fourth-order valence-corrected chi connectivity index (χ4v) is 4.32. The van der Waals surface area contributed by atoms with Gasteiger partial charge in [-0.15, -0.1) is 12.4 Å². The van der Waals surface area contributed by atoms with E-state index in [1.807, 2.05) is 0 Å². The largest absolute Gasteiger partial charge is 0.486 e. The van der Waals surface area contributed by atoms with E-state index in [0.717, 1.165) is 15.9 Å². The first-order valence-corrected chi connectivity index (χ1v) is 9.82. The summed E-state index contributed by atoms with van der Waals surface area (Å²) in [5.74, 6) is -0.704. The molecule has 1 aliphatic rings. The smallest absolute Gasteiger partial charge is 0.260 e. The Hall–Kier alpha value is -2.29. The average molecular weight is 443 g/mol. The van der Waals surface area contributed by atoms with Gasteiger partial charge >= 0.3 is 0 Å². The minimum Gasteiger partial charge on any atom is -0.486 e. The van der Waals surface area contributed by atoms with Gasteiger partial charge in [0.25, 0.3) is 10.0 Å². The van der Waals surface area contributed by atoms with E-state index in [0.29, 0.717) is 0 Å². The van der Waals surface area contributed by atoms with Gasteiger partial charge in [-0.3, -0.25) is 0 Å². The van der Waals surface area contributed by atoms with Crippen molar-refractivity contribution >= 4 is 28.1 Å². The summed E-state index contributed by atoms with van der Waals surface area (Å²) in [6.45, 7) is 7.93. The molecule has 2 aromatic rings. The Bertz CT molecular complexity index is 1030. The maximum absolute atomic E-state index is 13.8. The molecule has 11 heteroatoms. The van der Waals surface area contributed by atoms with Crippen molar-refractivity contribution in [3.63, 3.8) is 0 Å². The summed E-state index contributed by atoms with van der Waals surface area (Å²) in [6.07, 6.45) is 0.421. The van der Waals surface area contributed by atoms with Crippen molar-refractivity contribution in [1.82, 2.24) is 9.29 Å². The molecule has 0 bridgehead atoms. The zero-order valence-electron chi connectivity index (χ0n) is 15.4. The predicted octanol–water partition coefficient (Wildman–Crippen LogP) is 1.64. The Morgan fingerprint density at radius 1 is 1.45 bits per heavy atom. The highest BCUT2D eigenvalue weighted by atomic mass is 35.5. The van der Waals surface area contributed by atoms with Gasteiger partial charge in [-0.1, -0.05) is 6.07 Å². The van der Waals surface area contributed by atoms with E-state index < -0.39 is 27.5 Å². The van der Waals surface area contributed by atoms with Crippen molar-refractivity contribution in [2.24, 2.45) is 5.73 Å². The third-order valence-electron chi connectivity index (χ3n) is 4.58. The first-order chi connectivity index (χ1) is 13.2. The number of β-amino-alcohol motifs (C(OH)–C–C–N with tert-alkyl or cyclic N) is 1. The lowest BCUT2D eigenvalue weighted by Gasteiger charge is -2.27. The molecule has 1 aliphatic heterocycles. The summed E-state index contributed by atoms with van der Waals surface area (Å²) in [5, 5.41) is 10.6. The van der Waals surface area contributed by atoms with Gasteiger partial charge in [0.2, 0.25) is 5.69 Å². The third-order valence-corrected chi connectivity index (χ3v) is 6.31. The van der Waals surface area contributed by atoms with Crippen LogP contribution in [0.15, 0.2) is 41.6 Å². The molecule has 3 rings (SSSR count). The lowest BCUT2D eigenvalue weighted by atomic mass is 10.0. The molecule has 0 saturated carbocycles. The Labute approximate surface area is 174 Å². The number of nitrogens with zero attached hydrogens (tertiary/aromatic N) is 3. The number of nitrogens with two attached hydrogens (primary N) is 1. The van der Waals surface area contributed by atoms with Gasteiger partial charge in [0, 0.05) is 25.4 Å². The van der Waals surface area contributed by atoms with Crippen LogP contribution < -0.4 is 10.5 Å². The van der Waals surface area contributed by atoms with Crippen molar-refractivity contribution in [1.29, 1.82) is 0 Å². The fraction of sp³-hybridized carbons (Fsp3) is 0.333. The van der Waals surface area contributed by atoms with E-state index in [1.54, 1.807) is 13.0 Å². The Morgan fingerprint density at radius 3 is 2.72 bits per heavy atom. The second kappa shape index (κ2) is 8.61. The average Bonchev–Trinajstić information content (AvgIpc) is 3.00. The molecule has 0 radical (unpaired) electrons.